The molecule has 178 valence electrons. The van der Waals surface area contributed by atoms with Crippen molar-refractivity contribution in [3.05, 3.63) is 0 Å². The van der Waals surface area contributed by atoms with Gasteiger partial charge < -0.3 is 22.1 Å². The fraction of sp³-hybridized carbons (Fsp3) is 1.00. The van der Waals surface area contributed by atoms with E-state index in [2.05, 4.69) is 62.3 Å². The molecule has 0 heterocycles. The molecule has 0 bridgehead atoms. The van der Waals surface area contributed by atoms with Gasteiger partial charge in [0, 0.05) is 49.2 Å². The fourth-order valence-corrected chi connectivity index (χ4v) is 12.5. The van der Waals surface area contributed by atoms with Crippen molar-refractivity contribution in [2.45, 2.75) is 111 Å². The van der Waals surface area contributed by atoms with E-state index in [4.69, 9.17) is 22.1 Å². The lowest BCUT2D eigenvalue weighted by molar-refractivity contribution is 0.0464. The van der Waals surface area contributed by atoms with Crippen LogP contribution in [0.5, 0.6) is 0 Å². The molecule has 0 rings (SSSR count). The molecule has 29 heavy (non-hydrogen) atoms. The molecule has 0 amide bonds. The van der Waals surface area contributed by atoms with E-state index in [1.165, 1.54) is 0 Å². The monoisotopic (exact) mass is 452 g/mol. The van der Waals surface area contributed by atoms with E-state index in [0.29, 0.717) is 19.8 Å². The minimum absolute atomic E-state index is 0.0101. The van der Waals surface area contributed by atoms with Crippen LogP contribution in [0.15, 0.2) is 0 Å². The first-order chi connectivity index (χ1) is 13.1. The maximum atomic E-state index is 5.92. The van der Waals surface area contributed by atoms with E-state index in [1.807, 2.05) is 20.8 Å². The average molecular weight is 453 g/mol. The summed E-state index contributed by atoms with van der Waals surface area (Å²) in [4.78, 5) is 0. The van der Waals surface area contributed by atoms with Crippen LogP contribution in [0.4, 0.5) is 0 Å². The number of rotatable bonds is 11. The summed E-state index contributed by atoms with van der Waals surface area (Å²) in [6, 6.07) is 0. The highest BCUT2D eigenvalue weighted by atomic mass is 28.4. The Morgan fingerprint density at radius 2 is 0.897 bits per heavy atom. The third-order valence-electron chi connectivity index (χ3n) is 5.26. The van der Waals surface area contributed by atoms with Crippen molar-refractivity contribution >= 4 is 17.4 Å². The highest BCUT2D eigenvalue weighted by Gasteiger charge is 2.57. The Balaban J connectivity index is 0. The van der Waals surface area contributed by atoms with Crippen molar-refractivity contribution in [2.75, 3.05) is 34.0 Å². The van der Waals surface area contributed by atoms with Crippen molar-refractivity contribution in [3.63, 3.8) is 0 Å². The summed E-state index contributed by atoms with van der Waals surface area (Å²) in [7, 11) is -1.15. The molecule has 0 saturated carbocycles. The zero-order chi connectivity index (χ0) is 23.6. The van der Waals surface area contributed by atoms with Crippen LogP contribution < -0.4 is 0 Å². The summed E-state index contributed by atoms with van der Waals surface area (Å²) in [5.74, 6) is 0. The van der Waals surface area contributed by atoms with Crippen LogP contribution in [0.25, 0.3) is 0 Å². The first-order valence-corrected chi connectivity index (χ1v) is 14.7. The fourth-order valence-electron chi connectivity index (χ4n) is 4.49. The molecular formula is C22H52O5Si2. The molecular weight excluding hydrogens is 400 g/mol. The zero-order valence-electron chi connectivity index (χ0n) is 22.1. The van der Waals surface area contributed by atoms with Gasteiger partial charge >= 0.3 is 17.4 Å². The molecule has 0 aliphatic heterocycles. The van der Waals surface area contributed by atoms with Gasteiger partial charge in [-0.15, -0.1) is 0 Å². The van der Waals surface area contributed by atoms with Gasteiger partial charge in [0.1, 0.15) is 0 Å². The van der Waals surface area contributed by atoms with Crippen molar-refractivity contribution < 1.29 is 22.1 Å². The highest BCUT2D eigenvalue weighted by molar-refractivity contribution is 6.73. The Labute approximate surface area is 184 Å². The SMILES string of the molecule is CCCC(C)(C)[Si](OCC)(OCC)OCC.CO[Si](OC)(C(C)(C)C)C(C)(C)C. The smallest absolute Gasteiger partial charge is 0.397 e. The maximum absolute atomic E-state index is 5.92. The molecule has 0 N–H and O–H groups in total. The summed E-state index contributed by atoms with van der Waals surface area (Å²) in [6.45, 7) is 27.7. The zero-order valence-corrected chi connectivity index (χ0v) is 24.1. The summed E-state index contributed by atoms with van der Waals surface area (Å²) < 4.78 is 29.2. The summed E-state index contributed by atoms with van der Waals surface area (Å²) in [6.07, 6.45) is 2.19. The topological polar surface area (TPSA) is 46.2 Å². The third kappa shape index (κ3) is 8.02. The van der Waals surface area contributed by atoms with Crippen LogP contribution in [0, 0.1) is 0 Å². The molecule has 5 nitrogen and oxygen atoms in total. The molecule has 0 aliphatic rings. The molecule has 0 spiro atoms. The van der Waals surface area contributed by atoms with Gasteiger partial charge in [-0.1, -0.05) is 68.7 Å². The van der Waals surface area contributed by atoms with Crippen LogP contribution in [0.3, 0.4) is 0 Å². The van der Waals surface area contributed by atoms with Crippen LogP contribution in [-0.2, 0) is 22.1 Å². The molecule has 0 aromatic heterocycles. The lowest BCUT2D eigenvalue weighted by atomic mass is 10.1. The molecule has 0 aliphatic carbocycles. The van der Waals surface area contributed by atoms with E-state index in [0.717, 1.165) is 12.8 Å². The van der Waals surface area contributed by atoms with Crippen molar-refractivity contribution in [2.24, 2.45) is 0 Å². The first kappa shape index (κ1) is 31.4. The molecule has 0 fully saturated rings. The van der Waals surface area contributed by atoms with Crippen LogP contribution >= 0.6 is 0 Å². The van der Waals surface area contributed by atoms with Gasteiger partial charge in [-0.25, -0.2) is 0 Å². The van der Waals surface area contributed by atoms with E-state index in [1.54, 1.807) is 14.2 Å². The van der Waals surface area contributed by atoms with Gasteiger partial charge in [0.05, 0.1) is 0 Å². The third-order valence-corrected chi connectivity index (χ3v) is 14.3. The molecule has 0 saturated heterocycles. The van der Waals surface area contributed by atoms with Gasteiger partial charge in [0.25, 0.3) is 0 Å². The average Bonchev–Trinajstić information content (AvgIpc) is 2.54. The Morgan fingerprint density at radius 3 is 1.03 bits per heavy atom. The molecule has 0 radical (unpaired) electrons. The Morgan fingerprint density at radius 1 is 0.586 bits per heavy atom. The normalized spacial score (nSPS) is 13.9. The van der Waals surface area contributed by atoms with Crippen LogP contribution in [-0.4, -0.2) is 51.4 Å². The Bertz CT molecular complexity index is 391. The Kier molecular flexibility index (Phi) is 14.0. The van der Waals surface area contributed by atoms with Crippen LogP contribution in [0.1, 0.15) is 95.9 Å². The van der Waals surface area contributed by atoms with E-state index >= 15 is 0 Å². The first-order valence-electron chi connectivity index (χ1n) is 11.1. The molecule has 0 aromatic carbocycles. The minimum atomic E-state index is -2.54. The van der Waals surface area contributed by atoms with Gasteiger partial charge in [-0.2, -0.15) is 0 Å². The number of hydrogen-bond donors (Lipinski definition) is 0. The van der Waals surface area contributed by atoms with Gasteiger partial charge in [0.15, 0.2) is 0 Å². The molecule has 0 atom stereocenters. The van der Waals surface area contributed by atoms with E-state index in [9.17, 15) is 0 Å². The lowest BCUT2D eigenvalue weighted by Gasteiger charge is -2.47. The van der Waals surface area contributed by atoms with Gasteiger partial charge in [0.2, 0.25) is 0 Å². The Hall–Kier alpha value is 0.234. The van der Waals surface area contributed by atoms with Crippen molar-refractivity contribution in [1.82, 2.24) is 0 Å². The van der Waals surface area contributed by atoms with Gasteiger partial charge in [-0.3, -0.25) is 0 Å². The minimum Gasteiger partial charge on any atom is -0.397 e. The standard InChI is InChI=1S/C12H28O3Si.C10H24O2Si/c1-7-11-12(5,6)16(13-8-2,14-9-3)15-10-4;1-9(2,3)13(11-7,12-8)10(4,5)6/h7-11H2,1-6H3;1-8H3. The van der Waals surface area contributed by atoms with E-state index < -0.39 is 17.4 Å². The van der Waals surface area contributed by atoms with Gasteiger partial charge in [-0.05, 0) is 27.2 Å². The summed E-state index contributed by atoms with van der Waals surface area (Å²) in [5, 5.41) is 0.174. The summed E-state index contributed by atoms with van der Waals surface area (Å²) in [5.41, 5.74) is 0. The summed E-state index contributed by atoms with van der Waals surface area (Å²) >= 11 is 0. The predicted molar refractivity (Wildman–Crippen MR) is 129 cm³/mol. The van der Waals surface area contributed by atoms with E-state index in [-0.39, 0.29) is 15.1 Å². The van der Waals surface area contributed by atoms with Crippen molar-refractivity contribution in [3.8, 4) is 0 Å². The quantitative estimate of drug-likeness (QED) is 0.318. The van der Waals surface area contributed by atoms with Crippen LogP contribution in [0.2, 0.25) is 15.1 Å². The molecule has 0 unspecified atom stereocenters. The second-order valence-corrected chi connectivity index (χ2v) is 18.4. The largest absolute Gasteiger partial charge is 0.506 e. The lowest BCUT2D eigenvalue weighted by Crippen LogP contribution is -2.55. The van der Waals surface area contributed by atoms with Crippen molar-refractivity contribution in [1.29, 1.82) is 0 Å². The highest BCUT2D eigenvalue weighted by Crippen LogP contribution is 2.51. The maximum Gasteiger partial charge on any atom is 0.506 e. The molecule has 0 aromatic rings. The predicted octanol–water partition coefficient (Wildman–Crippen LogP) is 6.94. The second-order valence-electron chi connectivity index (χ2n) is 10.0. The second kappa shape index (κ2) is 12.9. The number of hydrogen-bond acceptors (Lipinski definition) is 5. The molecule has 7 heteroatoms.